The van der Waals surface area contributed by atoms with Crippen LogP contribution >= 0.6 is 46.4 Å². The third kappa shape index (κ3) is 9.50. The summed E-state index contributed by atoms with van der Waals surface area (Å²) in [6, 6.07) is 24.1. The number of nitrogens with one attached hydrogen (secondary N) is 1. The summed E-state index contributed by atoms with van der Waals surface area (Å²) in [7, 11) is -4.35. The number of amides is 2. The summed E-state index contributed by atoms with van der Waals surface area (Å²) >= 11 is 25.5. The first-order valence-corrected chi connectivity index (χ1v) is 19.0. The summed E-state index contributed by atoms with van der Waals surface area (Å²) in [6.45, 7) is 1.13. The van der Waals surface area contributed by atoms with Crippen molar-refractivity contribution in [2.24, 2.45) is 0 Å². The Bertz CT molecular complexity index is 1890. The predicted molar refractivity (Wildman–Crippen MR) is 198 cm³/mol. The van der Waals surface area contributed by atoms with Gasteiger partial charge in [0.25, 0.3) is 10.0 Å². The van der Waals surface area contributed by atoms with Crippen LogP contribution < -0.4 is 9.62 Å². The maximum atomic E-state index is 14.7. The molecule has 5 rings (SSSR count). The van der Waals surface area contributed by atoms with Gasteiger partial charge >= 0.3 is 0 Å². The van der Waals surface area contributed by atoms with Crippen molar-refractivity contribution in [2.45, 2.75) is 69.0 Å². The first-order chi connectivity index (χ1) is 23.4. The van der Waals surface area contributed by atoms with Gasteiger partial charge in [-0.15, -0.1) is 0 Å². The van der Waals surface area contributed by atoms with Crippen molar-refractivity contribution in [2.75, 3.05) is 10.8 Å². The van der Waals surface area contributed by atoms with Crippen molar-refractivity contribution in [3.8, 4) is 0 Å². The second-order valence-corrected chi connectivity index (χ2v) is 15.8. The van der Waals surface area contributed by atoms with E-state index in [4.69, 9.17) is 46.4 Å². The lowest BCUT2D eigenvalue weighted by molar-refractivity contribution is -0.140. The molecule has 1 fully saturated rings. The predicted octanol–water partition coefficient (Wildman–Crippen LogP) is 8.89. The Hall–Kier alpha value is -3.27. The SMILES string of the molecule is Cc1ccc(S(=O)(=O)N(CC(=O)N(Cc2ccc(Cl)c(Cl)c2)C(Cc2ccccc2)C(=O)NC2CCCCC2)c2cc(Cl)ccc2Cl)cc1. The molecular weight excluding hydrogens is 724 g/mol. The number of halogens is 4. The average molecular weight is 762 g/mol. The van der Waals surface area contributed by atoms with Crippen LogP contribution in [0.2, 0.25) is 20.1 Å². The molecule has 0 bridgehead atoms. The van der Waals surface area contributed by atoms with Crippen molar-refractivity contribution in [3.63, 3.8) is 0 Å². The van der Waals surface area contributed by atoms with E-state index < -0.39 is 28.5 Å². The van der Waals surface area contributed by atoms with E-state index in [1.807, 2.05) is 37.3 Å². The molecule has 4 aromatic rings. The van der Waals surface area contributed by atoms with E-state index in [-0.39, 0.29) is 50.6 Å². The molecular formula is C37H37Cl4N3O4S. The smallest absolute Gasteiger partial charge is 0.264 e. The number of nitrogens with zero attached hydrogens (tertiary/aromatic N) is 2. The normalized spacial score (nSPS) is 14.2. The molecule has 0 saturated heterocycles. The summed E-state index contributed by atoms with van der Waals surface area (Å²) in [5.41, 5.74) is 2.34. The zero-order valence-electron chi connectivity index (χ0n) is 26.9. The monoisotopic (exact) mass is 759 g/mol. The minimum absolute atomic E-state index is 0.0230. The van der Waals surface area contributed by atoms with Gasteiger partial charge in [0, 0.05) is 24.0 Å². The zero-order chi connectivity index (χ0) is 35.1. The lowest BCUT2D eigenvalue weighted by atomic mass is 9.94. The summed E-state index contributed by atoms with van der Waals surface area (Å²) in [5.74, 6) is -0.949. The number of anilines is 1. The maximum absolute atomic E-state index is 14.7. The minimum atomic E-state index is -4.35. The third-order valence-corrected chi connectivity index (χ3v) is 11.7. The van der Waals surface area contributed by atoms with E-state index in [1.165, 1.54) is 35.2 Å². The Morgan fingerprint density at radius 3 is 2.14 bits per heavy atom. The molecule has 1 atom stereocenters. The Labute approximate surface area is 308 Å². The van der Waals surface area contributed by atoms with Gasteiger partial charge in [-0.3, -0.25) is 13.9 Å². The molecule has 0 spiro atoms. The van der Waals surface area contributed by atoms with Gasteiger partial charge in [-0.25, -0.2) is 8.42 Å². The van der Waals surface area contributed by atoms with Gasteiger partial charge in [-0.05, 0) is 73.4 Å². The molecule has 1 aliphatic carbocycles. The molecule has 12 heteroatoms. The van der Waals surface area contributed by atoms with Crippen LogP contribution in [0.25, 0.3) is 0 Å². The molecule has 4 aromatic carbocycles. The third-order valence-electron chi connectivity index (χ3n) is 8.62. The topological polar surface area (TPSA) is 86.8 Å². The molecule has 1 aliphatic rings. The van der Waals surface area contributed by atoms with Crippen LogP contribution in [0.5, 0.6) is 0 Å². The highest BCUT2D eigenvalue weighted by Crippen LogP contribution is 2.34. The molecule has 0 radical (unpaired) electrons. The first kappa shape index (κ1) is 37.0. The molecule has 1 saturated carbocycles. The van der Waals surface area contributed by atoms with Crippen LogP contribution in [0.1, 0.15) is 48.8 Å². The van der Waals surface area contributed by atoms with E-state index in [0.29, 0.717) is 10.6 Å². The highest BCUT2D eigenvalue weighted by molar-refractivity contribution is 7.92. The molecule has 0 aliphatic heterocycles. The Kier molecular flexibility index (Phi) is 12.6. The first-order valence-electron chi connectivity index (χ1n) is 16.0. The van der Waals surface area contributed by atoms with E-state index in [2.05, 4.69) is 5.32 Å². The minimum Gasteiger partial charge on any atom is -0.352 e. The molecule has 0 heterocycles. The fourth-order valence-electron chi connectivity index (χ4n) is 5.96. The summed E-state index contributed by atoms with van der Waals surface area (Å²) in [4.78, 5) is 30.4. The van der Waals surface area contributed by atoms with Crippen molar-refractivity contribution in [1.82, 2.24) is 10.2 Å². The second kappa shape index (κ2) is 16.6. The van der Waals surface area contributed by atoms with Gasteiger partial charge in [0.05, 0.1) is 25.7 Å². The van der Waals surface area contributed by atoms with Gasteiger partial charge in [0.15, 0.2) is 0 Å². The number of hydrogen-bond donors (Lipinski definition) is 1. The Morgan fingerprint density at radius 2 is 1.47 bits per heavy atom. The van der Waals surface area contributed by atoms with E-state index in [0.717, 1.165) is 47.5 Å². The van der Waals surface area contributed by atoms with Crippen molar-refractivity contribution >= 4 is 73.9 Å². The molecule has 7 nitrogen and oxygen atoms in total. The van der Waals surface area contributed by atoms with Crippen LogP contribution in [-0.4, -0.2) is 43.8 Å². The van der Waals surface area contributed by atoms with Crippen LogP contribution in [0.4, 0.5) is 5.69 Å². The van der Waals surface area contributed by atoms with Gasteiger partial charge in [0.1, 0.15) is 12.6 Å². The van der Waals surface area contributed by atoms with Gasteiger partial charge in [-0.1, -0.05) is 120 Å². The van der Waals surface area contributed by atoms with E-state index in [9.17, 15) is 18.0 Å². The fourth-order valence-corrected chi connectivity index (χ4v) is 8.14. The summed E-state index contributed by atoms with van der Waals surface area (Å²) in [6.07, 6.45) is 5.01. The lowest BCUT2D eigenvalue weighted by Crippen LogP contribution is -2.55. The van der Waals surface area contributed by atoms with Crippen LogP contribution in [0, 0.1) is 6.92 Å². The van der Waals surface area contributed by atoms with Crippen LogP contribution in [0.3, 0.4) is 0 Å². The van der Waals surface area contributed by atoms with Crippen molar-refractivity contribution in [1.29, 1.82) is 0 Å². The maximum Gasteiger partial charge on any atom is 0.264 e. The number of carbonyl (C=O) groups is 2. The Morgan fingerprint density at radius 1 is 0.796 bits per heavy atom. The van der Waals surface area contributed by atoms with E-state index >= 15 is 0 Å². The second-order valence-electron chi connectivity index (χ2n) is 12.2. The lowest BCUT2D eigenvalue weighted by Gasteiger charge is -2.35. The molecule has 258 valence electrons. The number of sulfonamides is 1. The molecule has 49 heavy (non-hydrogen) atoms. The van der Waals surface area contributed by atoms with Crippen molar-refractivity contribution < 1.29 is 18.0 Å². The zero-order valence-corrected chi connectivity index (χ0v) is 30.8. The highest BCUT2D eigenvalue weighted by atomic mass is 35.5. The van der Waals surface area contributed by atoms with Gasteiger partial charge < -0.3 is 10.2 Å². The molecule has 1 unspecified atom stereocenters. The molecule has 0 aromatic heterocycles. The number of benzene rings is 4. The Balaban J connectivity index is 1.60. The number of rotatable bonds is 12. The van der Waals surface area contributed by atoms with Gasteiger partial charge in [0.2, 0.25) is 11.8 Å². The van der Waals surface area contributed by atoms with Crippen LogP contribution in [0.15, 0.2) is 95.9 Å². The van der Waals surface area contributed by atoms with Gasteiger partial charge in [-0.2, -0.15) is 0 Å². The number of carbonyl (C=O) groups excluding carboxylic acids is 2. The standard InChI is InChI=1S/C37H37Cl4N3O4S/c1-25-12-16-30(17-13-25)49(47,48)44(34-22-28(38)15-19-32(34)40)24-36(45)43(23-27-14-18-31(39)33(41)20-27)35(21-26-8-4-2-5-9-26)37(46)42-29-10-6-3-7-11-29/h2,4-5,8-9,12-20,22,29,35H,3,6-7,10-11,21,23-24H2,1H3,(H,42,46). The van der Waals surface area contributed by atoms with Crippen LogP contribution in [-0.2, 0) is 32.6 Å². The molecule has 2 amide bonds. The highest BCUT2D eigenvalue weighted by Gasteiger charge is 2.36. The number of aryl methyl sites for hydroxylation is 1. The largest absolute Gasteiger partial charge is 0.352 e. The van der Waals surface area contributed by atoms with Crippen molar-refractivity contribution in [3.05, 3.63) is 128 Å². The summed E-state index contributed by atoms with van der Waals surface area (Å²) < 4.78 is 29.6. The average Bonchev–Trinajstić information content (AvgIpc) is 3.09. The summed E-state index contributed by atoms with van der Waals surface area (Å²) in [5, 5.41) is 4.13. The fraction of sp³-hybridized carbons (Fsp3) is 0.297. The quantitative estimate of drug-likeness (QED) is 0.156. The van der Waals surface area contributed by atoms with E-state index in [1.54, 1.807) is 30.3 Å². The number of hydrogen-bond acceptors (Lipinski definition) is 4. The molecule has 1 N–H and O–H groups in total.